The molecule has 0 amide bonds. The molecule has 0 heterocycles. The molecule has 0 saturated heterocycles. The minimum atomic E-state index is 1.05. The van der Waals surface area contributed by atoms with Crippen molar-refractivity contribution in [2.24, 2.45) is 0 Å². The van der Waals surface area contributed by atoms with E-state index in [0.29, 0.717) is 0 Å². The van der Waals surface area contributed by atoms with Crippen LogP contribution in [0.2, 0.25) is 0 Å². The van der Waals surface area contributed by atoms with Crippen molar-refractivity contribution in [2.45, 2.75) is 13.3 Å². The molecule has 0 unspecified atom stereocenters. The molecule has 16 heavy (non-hydrogen) atoms. The van der Waals surface area contributed by atoms with Gasteiger partial charge in [-0.25, -0.2) is 0 Å². The highest BCUT2D eigenvalue weighted by Gasteiger charge is 2.04. The van der Waals surface area contributed by atoms with Crippen molar-refractivity contribution in [1.29, 1.82) is 0 Å². The van der Waals surface area contributed by atoms with E-state index in [2.05, 4.69) is 55.5 Å². The van der Waals surface area contributed by atoms with Crippen LogP contribution in [0.5, 0.6) is 0 Å². The third kappa shape index (κ3) is 1.30. The average Bonchev–Trinajstić information content (AvgIpc) is 2.36. The number of rotatable bonds is 1. The third-order valence-electron chi connectivity index (χ3n) is 3.14. The Labute approximate surface area is 95.5 Å². The van der Waals surface area contributed by atoms with Crippen LogP contribution >= 0.6 is 0 Å². The van der Waals surface area contributed by atoms with Crippen molar-refractivity contribution < 1.29 is 0 Å². The normalized spacial score (nSPS) is 11.1. The molecule has 0 spiro atoms. The lowest BCUT2D eigenvalue weighted by Gasteiger charge is -2.08. The molecule has 0 heteroatoms. The van der Waals surface area contributed by atoms with Crippen molar-refractivity contribution in [3.05, 3.63) is 60.2 Å². The second-order valence-corrected chi connectivity index (χ2v) is 4.06. The van der Waals surface area contributed by atoms with Gasteiger partial charge in [-0.3, -0.25) is 0 Å². The van der Waals surface area contributed by atoms with E-state index in [4.69, 9.17) is 0 Å². The molecule has 0 bridgehead atoms. The van der Waals surface area contributed by atoms with Gasteiger partial charge in [-0.15, -0.1) is 0 Å². The first kappa shape index (κ1) is 9.41. The van der Waals surface area contributed by atoms with Crippen LogP contribution in [0, 0.1) is 6.07 Å². The zero-order valence-corrected chi connectivity index (χ0v) is 9.33. The van der Waals surface area contributed by atoms with Gasteiger partial charge < -0.3 is 0 Å². The SMILES string of the molecule is CCc1c2[c]cccc2cc2ccccc12. The Bertz CT molecular complexity index is 596. The summed E-state index contributed by atoms with van der Waals surface area (Å²) in [7, 11) is 0. The fourth-order valence-electron chi connectivity index (χ4n) is 2.40. The predicted molar refractivity (Wildman–Crippen MR) is 69.7 cm³/mol. The molecule has 0 aliphatic rings. The first-order valence-corrected chi connectivity index (χ1v) is 5.71. The van der Waals surface area contributed by atoms with Crippen LogP contribution in [-0.2, 0) is 6.42 Å². The van der Waals surface area contributed by atoms with Crippen molar-refractivity contribution in [1.82, 2.24) is 0 Å². The van der Waals surface area contributed by atoms with Gasteiger partial charge in [0.15, 0.2) is 0 Å². The molecule has 0 aromatic heterocycles. The molecule has 0 N–H and O–H groups in total. The van der Waals surface area contributed by atoms with Gasteiger partial charge in [-0.1, -0.05) is 49.4 Å². The van der Waals surface area contributed by atoms with E-state index in [1.165, 1.54) is 27.1 Å². The summed E-state index contributed by atoms with van der Waals surface area (Å²) < 4.78 is 0. The lowest BCUT2D eigenvalue weighted by Crippen LogP contribution is -1.87. The molecule has 3 rings (SSSR count). The molecular weight excluding hydrogens is 192 g/mol. The highest BCUT2D eigenvalue weighted by molar-refractivity contribution is 6.01. The molecule has 0 nitrogen and oxygen atoms in total. The van der Waals surface area contributed by atoms with E-state index in [1.54, 1.807) is 0 Å². The Morgan fingerprint density at radius 3 is 2.69 bits per heavy atom. The molecule has 0 fully saturated rings. The molecule has 0 aliphatic heterocycles. The maximum Gasteiger partial charge on any atom is -0.00668 e. The van der Waals surface area contributed by atoms with Gasteiger partial charge >= 0.3 is 0 Å². The number of hydrogen-bond donors (Lipinski definition) is 0. The van der Waals surface area contributed by atoms with Gasteiger partial charge in [0.2, 0.25) is 0 Å². The van der Waals surface area contributed by atoms with Gasteiger partial charge in [0, 0.05) is 0 Å². The van der Waals surface area contributed by atoms with Crippen LogP contribution in [0.4, 0.5) is 0 Å². The van der Waals surface area contributed by atoms with E-state index in [0.717, 1.165) is 6.42 Å². The molecule has 0 aliphatic carbocycles. The monoisotopic (exact) mass is 205 g/mol. The summed E-state index contributed by atoms with van der Waals surface area (Å²) in [5, 5.41) is 5.24. The number of benzene rings is 3. The average molecular weight is 205 g/mol. The molecular formula is C16H13. The topological polar surface area (TPSA) is 0 Å². The van der Waals surface area contributed by atoms with Crippen LogP contribution in [-0.4, -0.2) is 0 Å². The van der Waals surface area contributed by atoms with Gasteiger partial charge in [-0.05, 0) is 45.7 Å². The Morgan fingerprint density at radius 1 is 1.00 bits per heavy atom. The molecule has 0 atom stereocenters. The van der Waals surface area contributed by atoms with Crippen molar-refractivity contribution >= 4 is 21.5 Å². The van der Waals surface area contributed by atoms with Crippen LogP contribution in [0.1, 0.15) is 12.5 Å². The molecule has 3 aromatic rings. The smallest absolute Gasteiger partial charge is 0.00668 e. The Morgan fingerprint density at radius 2 is 1.81 bits per heavy atom. The zero-order chi connectivity index (χ0) is 11.0. The Kier molecular flexibility index (Phi) is 2.14. The first-order chi connectivity index (χ1) is 7.90. The van der Waals surface area contributed by atoms with Crippen molar-refractivity contribution in [2.75, 3.05) is 0 Å². The highest BCUT2D eigenvalue weighted by atomic mass is 14.1. The van der Waals surface area contributed by atoms with Crippen LogP contribution in [0.15, 0.2) is 48.5 Å². The molecule has 3 aromatic carbocycles. The first-order valence-electron chi connectivity index (χ1n) is 5.71. The van der Waals surface area contributed by atoms with Crippen LogP contribution in [0.3, 0.4) is 0 Å². The van der Waals surface area contributed by atoms with E-state index < -0.39 is 0 Å². The fraction of sp³-hybridized carbons (Fsp3) is 0.125. The third-order valence-corrected chi connectivity index (χ3v) is 3.14. The number of hydrogen-bond acceptors (Lipinski definition) is 0. The van der Waals surface area contributed by atoms with Gasteiger partial charge in [0.05, 0.1) is 0 Å². The van der Waals surface area contributed by atoms with E-state index in [1.807, 2.05) is 6.07 Å². The maximum atomic E-state index is 3.36. The molecule has 1 radical (unpaired) electrons. The largest absolute Gasteiger partial charge is 0.0616 e. The lowest BCUT2D eigenvalue weighted by atomic mass is 9.95. The fourth-order valence-corrected chi connectivity index (χ4v) is 2.40. The molecule has 0 saturated carbocycles. The summed E-state index contributed by atoms with van der Waals surface area (Å²) >= 11 is 0. The Hall–Kier alpha value is -1.82. The number of fused-ring (bicyclic) bond motifs is 2. The summed E-state index contributed by atoms with van der Waals surface area (Å²) in [5.74, 6) is 0. The Balaban J connectivity index is 2.56. The van der Waals surface area contributed by atoms with E-state index >= 15 is 0 Å². The summed E-state index contributed by atoms with van der Waals surface area (Å²) in [5.41, 5.74) is 1.41. The summed E-state index contributed by atoms with van der Waals surface area (Å²) in [6.45, 7) is 2.21. The van der Waals surface area contributed by atoms with Crippen molar-refractivity contribution in [3.63, 3.8) is 0 Å². The zero-order valence-electron chi connectivity index (χ0n) is 9.33. The maximum absolute atomic E-state index is 3.36. The minimum absolute atomic E-state index is 1.05. The quantitative estimate of drug-likeness (QED) is 0.518. The summed E-state index contributed by atoms with van der Waals surface area (Å²) in [4.78, 5) is 0. The van der Waals surface area contributed by atoms with Crippen LogP contribution in [0.25, 0.3) is 21.5 Å². The second-order valence-electron chi connectivity index (χ2n) is 4.06. The number of aryl methyl sites for hydroxylation is 1. The lowest BCUT2D eigenvalue weighted by molar-refractivity contribution is 1.18. The standard InChI is InChI=1S/C16H13/c1-2-14-15-9-5-3-7-12(15)11-13-8-4-6-10-16(13)14/h3-9,11H,2H2,1H3. The van der Waals surface area contributed by atoms with Crippen LogP contribution < -0.4 is 0 Å². The predicted octanol–water partition coefficient (Wildman–Crippen LogP) is 4.36. The van der Waals surface area contributed by atoms with E-state index in [9.17, 15) is 0 Å². The molecule has 77 valence electrons. The second kappa shape index (κ2) is 3.64. The van der Waals surface area contributed by atoms with Gasteiger partial charge in [0.1, 0.15) is 0 Å². The van der Waals surface area contributed by atoms with Gasteiger partial charge in [-0.2, -0.15) is 0 Å². The summed E-state index contributed by atoms with van der Waals surface area (Å²) in [6, 6.07) is 20.4. The van der Waals surface area contributed by atoms with Crippen molar-refractivity contribution in [3.8, 4) is 0 Å². The highest BCUT2D eigenvalue weighted by Crippen LogP contribution is 2.28. The summed E-state index contributed by atoms with van der Waals surface area (Å²) in [6.07, 6.45) is 1.05. The van der Waals surface area contributed by atoms with Gasteiger partial charge in [0.25, 0.3) is 0 Å². The van der Waals surface area contributed by atoms with E-state index in [-0.39, 0.29) is 0 Å². The minimum Gasteiger partial charge on any atom is -0.0616 e.